The fourth-order valence-corrected chi connectivity index (χ4v) is 9.18. The number of aliphatic hydroxyl groups excluding tert-OH is 1. The molecule has 0 saturated carbocycles. The molecule has 0 aliphatic carbocycles. The van der Waals surface area contributed by atoms with E-state index in [1.54, 1.807) is 0 Å². The first-order valence-electron chi connectivity index (χ1n) is 29.2. The van der Waals surface area contributed by atoms with Gasteiger partial charge in [-0.2, -0.15) is 0 Å². The molecule has 412 valence electrons. The van der Waals surface area contributed by atoms with Gasteiger partial charge in [0, 0.05) is 19.3 Å². The van der Waals surface area contributed by atoms with Gasteiger partial charge < -0.3 is 24.2 Å². The van der Waals surface area contributed by atoms with Gasteiger partial charge in [-0.05, 0) is 44.9 Å². The summed E-state index contributed by atoms with van der Waals surface area (Å²) < 4.78 is 39.5. The number of hydrogen-bond acceptors (Lipinski definition) is 10. The standard InChI is InChI=1S/C58H109O11P/c1-4-7-10-13-16-19-22-24-25-26-27-28-29-31-34-37-40-43-46-49-58(62)69-55(51-65-56(60)47-44-41-38-35-33-30-23-20-17-14-11-8-5-2)53-67-70(63,64)66-52-54(50-59)68-57(61)48-45-42-39-36-32-21-18-15-12-9-6-3/h11,14,20,23,54-55,59H,4-10,12-13,15-19,21-22,24-53H2,1-3H3,(H,63,64)/b14-11-,23-20-. The number of phosphoric ester groups is 1. The molecule has 0 fully saturated rings. The molecular formula is C58H109O11P. The van der Waals surface area contributed by atoms with Crippen molar-refractivity contribution < 1.29 is 52.2 Å². The highest BCUT2D eigenvalue weighted by Crippen LogP contribution is 2.43. The van der Waals surface area contributed by atoms with Crippen molar-refractivity contribution in [2.45, 2.75) is 303 Å². The van der Waals surface area contributed by atoms with Crippen LogP contribution in [0.1, 0.15) is 290 Å². The van der Waals surface area contributed by atoms with Crippen LogP contribution in [-0.4, -0.2) is 66.5 Å². The van der Waals surface area contributed by atoms with Crippen molar-refractivity contribution >= 4 is 25.7 Å². The lowest BCUT2D eigenvalue weighted by Gasteiger charge is -2.21. The number of phosphoric acid groups is 1. The second-order valence-corrected chi connectivity index (χ2v) is 21.3. The molecule has 0 rings (SSSR count). The SMILES string of the molecule is CCC/C=C\C/C=C\CCCCCCCC(=O)OCC(COP(=O)(O)OCC(CO)OC(=O)CCCCCCCCCCCCC)OC(=O)CCCCCCCCCCCCCCCCCCCCC. The van der Waals surface area contributed by atoms with E-state index in [0.29, 0.717) is 19.3 Å². The minimum Gasteiger partial charge on any atom is -0.462 e. The average Bonchev–Trinajstić information content (AvgIpc) is 3.35. The van der Waals surface area contributed by atoms with E-state index in [1.807, 2.05) is 0 Å². The second-order valence-electron chi connectivity index (χ2n) is 19.8. The first-order chi connectivity index (χ1) is 34.2. The molecule has 0 heterocycles. The summed E-state index contributed by atoms with van der Waals surface area (Å²) >= 11 is 0. The second kappa shape index (κ2) is 53.3. The molecule has 0 aromatic rings. The summed E-state index contributed by atoms with van der Waals surface area (Å²) in [6, 6.07) is 0. The molecule has 0 saturated heterocycles. The summed E-state index contributed by atoms with van der Waals surface area (Å²) in [6.07, 6.45) is 52.8. The van der Waals surface area contributed by atoms with E-state index in [1.165, 1.54) is 148 Å². The van der Waals surface area contributed by atoms with Crippen LogP contribution in [0.25, 0.3) is 0 Å². The third-order valence-corrected chi connectivity index (χ3v) is 13.8. The quantitative estimate of drug-likeness (QED) is 0.0197. The Bertz CT molecular complexity index is 1270. The van der Waals surface area contributed by atoms with Gasteiger partial charge in [-0.3, -0.25) is 23.4 Å². The maximum Gasteiger partial charge on any atom is 0.472 e. The monoisotopic (exact) mass is 1010 g/mol. The zero-order valence-electron chi connectivity index (χ0n) is 45.5. The third-order valence-electron chi connectivity index (χ3n) is 12.9. The number of esters is 3. The van der Waals surface area contributed by atoms with Crippen LogP contribution < -0.4 is 0 Å². The van der Waals surface area contributed by atoms with Gasteiger partial charge in [0.15, 0.2) is 6.10 Å². The van der Waals surface area contributed by atoms with Crippen LogP contribution in [0.15, 0.2) is 24.3 Å². The number of unbranched alkanes of at least 4 members (excludes halogenated alkanes) is 34. The normalized spacial score (nSPS) is 13.5. The van der Waals surface area contributed by atoms with Crippen LogP contribution >= 0.6 is 7.82 Å². The number of aliphatic hydroxyl groups is 1. The Labute approximate surface area is 429 Å². The molecule has 0 aromatic heterocycles. The largest absolute Gasteiger partial charge is 0.472 e. The number of allylic oxidation sites excluding steroid dienone is 4. The molecule has 0 bridgehead atoms. The molecule has 0 aliphatic rings. The van der Waals surface area contributed by atoms with Gasteiger partial charge in [-0.15, -0.1) is 0 Å². The lowest BCUT2D eigenvalue weighted by Crippen LogP contribution is -2.30. The molecule has 0 radical (unpaired) electrons. The first-order valence-corrected chi connectivity index (χ1v) is 30.7. The van der Waals surface area contributed by atoms with E-state index in [4.69, 9.17) is 23.3 Å². The number of ether oxygens (including phenoxy) is 3. The number of hydrogen-bond donors (Lipinski definition) is 2. The molecule has 0 aromatic carbocycles. The summed E-state index contributed by atoms with van der Waals surface area (Å²) in [6.45, 7) is 4.60. The number of carbonyl (C=O) groups is 3. The highest BCUT2D eigenvalue weighted by atomic mass is 31.2. The molecule has 0 aliphatic heterocycles. The van der Waals surface area contributed by atoms with Gasteiger partial charge in [0.2, 0.25) is 0 Å². The maximum atomic E-state index is 12.9. The molecule has 12 heteroatoms. The van der Waals surface area contributed by atoms with Gasteiger partial charge in [-0.25, -0.2) is 4.57 Å². The predicted octanol–water partition coefficient (Wildman–Crippen LogP) is 17.0. The molecule has 2 N–H and O–H groups in total. The minimum absolute atomic E-state index is 0.172. The third kappa shape index (κ3) is 50.9. The van der Waals surface area contributed by atoms with Crippen LogP contribution in [0.2, 0.25) is 0 Å². The Kier molecular flexibility index (Phi) is 51.7. The topological polar surface area (TPSA) is 155 Å². The van der Waals surface area contributed by atoms with E-state index < -0.39 is 57.8 Å². The van der Waals surface area contributed by atoms with Gasteiger partial charge >= 0.3 is 25.7 Å². The predicted molar refractivity (Wildman–Crippen MR) is 289 cm³/mol. The van der Waals surface area contributed by atoms with E-state index in [9.17, 15) is 28.9 Å². The molecule has 0 amide bonds. The minimum atomic E-state index is -4.74. The summed E-state index contributed by atoms with van der Waals surface area (Å²) in [7, 11) is -4.74. The Morgan fingerprint density at radius 2 is 0.729 bits per heavy atom. The van der Waals surface area contributed by atoms with Crippen LogP contribution in [-0.2, 0) is 42.2 Å². The summed E-state index contributed by atoms with van der Waals surface area (Å²) in [5, 5.41) is 9.79. The van der Waals surface area contributed by atoms with E-state index in [-0.39, 0.29) is 25.9 Å². The van der Waals surface area contributed by atoms with Crippen LogP contribution in [0.5, 0.6) is 0 Å². The average molecular weight is 1010 g/mol. The maximum absolute atomic E-state index is 12.9. The Morgan fingerprint density at radius 3 is 1.11 bits per heavy atom. The van der Waals surface area contributed by atoms with Crippen LogP contribution in [0.3, 0.4) is 0 Å². The summed E-state index contributed by atoms with van der Waals surface area (Å²) in [4.78, 5) is 48.5. The number of rotatable bonds is 55. The van der Waals surface area contributed by atoms with Crippen molar-refractivity contribution in [3.8, 4) is 0 Å². The molecule has 3 atom stereocenters. The van der Waals surface area contributed by atoms with E-state index >= 15 is 0 Å². The summed E-state index contributed by atoms with van der Waals surface area (Å²) in [5.41, 5.74) is 0. The first kappa shape index (κ1) is 68.0. The van der Waals surface area contributed by atoms with Crippen molar-refractivity contribution in [1.82, 2.24) is 0 Å². The molecule has 70 heavy (non-hydrogen) atoms. The van der Waals surface area contributed by atoms with E-state index in [2.05, 4.69) is 45.1 Å². The van der Waals surface area contributed by atoms with Crippen molar-refractivity contribution in [2.24, 2.45) is 0 Å². The Morgan fingerprint density at radius 1 is 0.400 bits per heavy atom. The highest BCUT2D eigenvalue weighted by Gasteiger charge is 2.28. The van der Waals surface area contributed by atoms with Crippen molar-refractivity contribution in [2.75, 3.05) is 26.4 Å². The molecule has 3 unspecified atom stereocenters. The molecule has 0 spiro atoms. The smallest absolute Gasteiger partial charge is 0.462 e. The van der Waals surface area contributed by atoms with Gasteiger partial charge in [0.1, 0.15) is 12.7 Å². The zero-order chi connectivity index (χ0) is 51.3. The van der Waals surface area contributed by atoms with Crippen LogP contribution in [0, 0.1) is 0 Å². The fraction of sp³-hybridized carbons (Fsp3) is 0.879. The summed E-state index contributed by atoms with van der Waals surface area (Å²) in [5.74, 6) is -1.46. The van der Waals surface area contributed by atoms with Crippen molar-refractivity contribution in [1.29, 1.82) is 0 Å². The molecule has 11 nitrogen and oxygen atoms in total. The zero-order valence-corrected chi connectivity index (χ0v) is 46.4. The lowest BCUT2D eigenvalue weighted by molar-refractivity contribution is -0.161. The van der Waals surface area contributed by atoms with Crippen molar-refractivity contribution in [3.63, 3.8) is 0 Å². The van der Waals surface area contributed by atoms with Gasteiger partial charge in [0.25, 0.3) is 0 Å². The fourth-order valence-electron chi connectivity index (χ4n) is 8.40. The van der Waals surface area contributed by atoms with Gasteiger partial charge in [-0.1, -0.05) is 251 Å². The van der Waals surface area contributed by atoms with Crippen molar-refractivity contribution in [3.05, 3.63) is 24.3 Å². The Hall–Kier alpha value is -2.04. The Balaban J connectivity index is 4.67. The number of carbonyl (C=O) groups excluding carboxylic acids is 3. The lowest BCUT2D eigenvalue weighted by atomic mass is 10.0. The van der Waals surface area contributed by atoms with Gasteiger partial charge in [0.05, 0.1) is 19.8 Å². The molecular weight excluding hydrogens is 904 g/mol. The van der Waals surface area contributed by atoms with Crippen LogP contribution in [0.4, 0.5) is 0 Å². The highest BCUT2D eigenvalue weighted by molar-refractivity contribution is 7.47. The van der Waals surface area contributed by atoms with E-state index in [0.717, 1.165) is 83.5 Å².